The summed E-state index contributed by atoms with van der Waals surface area (Å²) < 4.78 is 0. The molecule has 2 heterocycles. The van der Waals surface area contributed by atoms with Crippen LogP contribution in [-0.4, -0.2) is 23.6 Å². The van der Waals surface area contributed by atoms with E-state index in [1.807, 2.05) is 30.5 Å². The average molecular weight is 295 g/mol. The summed E-state index contributed by atoms with van der Waals surface area (Å²) in [4.78, 5) is 11.3. The minimum atomic E-state index is 0.953. The van der Waals surface area contributed by atoms with Crippen LogP contribution in [0.2, 0.25) is 0 Å². The van der Waals surface area contributed by atoms with E-state index in [4.69, 9.17) is 4.98 Å². The van der Waals surface area contributed by atoms with Crippen LogP contribution in [-0.2, 0) is 0 Å². The van der Waals surface area contributed by atoms with Crippen LogP contribution in [0.15, 0.2) is 54.9 Å². The molecule has 3 aromatic rings. The first-order chi connectivity index (χ1) is 10.3. The first-order valence-corrected chi connectivity index (χ1v) is 7.79. The van der Waals surface area contributed by atoms with Crippen LogP contribution in [0.25, 0.3) is 21.8 Å². The Balaban J connectivity index is 2.12. The number of aromatic nitrogens is 2. The molecule has 1 aromatic carbocycles. The quantitative estimate of drug-likeness (QED) is 0.717. The Kier molecular flexibility index (Phi) is 3.97. The van der Waals surface area contributed by atoms with Crippen molar-refractivity contribution in [1.82, 2.24) is 9.97 Å². The van der Waals surface area contributed by atoms with Gasteiger partial charge in [0, 0.05) is 37.1 Å². The van der Waals surface area contributed by atoms with E-state index in [9.17, 15) is 0 Å². The van der Waals surface area contributed by atoms with Crippen LogP contribution in [0.3, 0.4) is 0 Å². The van der Waals surface area contributed by atoms with E-state index in [2.05, 4.69) is 42.1 Å². The van der Waals surface area contributed by atoms with Gasteiger partial charge in [-0.3, -0.25) is 4.98 Å². The van der Waals surface area contributed by atoms with Crippen molar-refractivity contribution in [2.24, 2.45) is 0 Å². The van der Waals surface area contributed by atoms with Crippen LogP contribution in [0, 0.1) is 0 Å². The monoisotopic (exact) mass is 295 g/mol. The lowest BCUT2D eigenvalue weighted by molar-refractivity contribution is 0.980. The zero-order valence-electron chi connectivity index (χ0n) is 12.2. The fourth-order valence-electron chi connectivity index (χ4n) is 2.11. The van der Waals surface area contributed by atoms with E-state index in [1.54, 1.807) is 17.5 Å². The molecule has 2 aromatic heterocycles. The van der Waals surface area contributed by atoms with Gasteiger partial charge < -0.3 is 4.90 Å². The third kappa shape index (κ3) is 2.81. The number of rotatable bonds is 4. The van der Waals surface area contributed by atoms with Crippen LogP contribution in [0.4, 0.5) is 5.00 Å². The van der Waals surface area contributed by atoms with Gasteiger partial charge in [-0.2, -0.15) is 0 Å². The molecule has 4 heteroatoms. The molecular formula is C17H17N3S. The lowest BCUT2D eigenvalue weighted by atomic mass is 10.1. The molecule has 21 heavy (non-hydrogen) atoms. The number of anilines is 1. The number of thiazole rings is 1. The first kappa shape index (κ1) is 13.8. The molecule has 0 fully saturated rings. The molecule has 0 radical (unpaired) electrons. The second-order valence-corrected chi connectivity index (χ2v) is 5.77. The second-order valence-electron chi connectivity index (χ2n) is 4.79. The fourth-order valence-corrected chi connectivity index (χ4v) is 3.21. The molecule has 0 atom stereocenters. The molecule has 0 aliphatic carbocycles. The minimum absolute atomic E-state index is 0.953. The summed E-state index contributed by atoms with van der Waals surface area (Å²) in [5.74, 6) is 0. The molecule has 0 saturated carbocycles. The summed E-state index contributed by atoms with van der Waals surface area (Å²) in [5, 5.41) is 2.21. The number of hydrogen-bond donors (Lipinski definition) is 0. The van der Waals surface area contributed by atoms with E-state index < -0.39 is 0 Å². The largest absolute Gasteiger partial charge is 0.365 e. The van der Waals surface area contributed by atoms with Gasteiger partial charge in [0.25, 0.3) is 0 Å². The molecule has 0 saturated heterocycles. The molecule has 0 N–H and O–H groups in total. The molecule has 0 spiro atoms. The Morgan fingerprint density at radius 2 is 1.81 bits per heavy atom. The smallest absolute Gasteiger partial charge is 0.127 e. The van der Waals surface area contributed by atoms with Crippen LogP contribution < -0.4 is 4.90 Å². The lowest BCUT2D eigenvalue weighted by Gasteiger charge is -2.15. The van der Waals surface area contributed by atoms with Crippen molar-refractivity contribution in [3.05, 3.63) is 54.9 Å². The molecular weight excluding hydrogens is 278 g/mol. The van der Waals surface area contributed by atoms with Crippen molar-refractivity contribution in [3.63, 3.8) is 0 Å². The van der Waals surface area contributed by atoms with Crippen molar-refractivity contribution in [3.8, 4) is 21.8 Å². The molecule has 0 bridgehead atoms. The van der Waals surface area contributed by atoms with Gasteiger partial charge in [0.1, 0.15) is 15.7 Å². The van der Waals surface area contributed by atoms with E-state index in [-0.39, 0.29) is 0 Å². The van der Waals surface area contributed by atoms with Gasteiger partial charge in [-0.15, -0.1) is 0 Å². The van der Waals surface area contributed by atoms with Gasteiger partial charge in [0.2, 0.25) is 0 Å². The lowest BCUT2D eigenvalue weighted by Crippen LogP contribution is -2.15. The average Bonchev–Trinajstić information content (AvgIpc) is 3.01. The van der Waals surface area contributed by atoms with Crippen molar-refractivity contribution in [2.75, 3.05) is 18.5 Å². The number of pyridine rings is 1. The van der Waals surface area contributed by atoms with Crippen molar-refractivity contribution < 1.29 is 0 Å². The van der Waals surface area contributed by atoms with Crippen LogP contribution >= 0.6 is 11.3 Å². The normalized spacial score (nSPS) is 10.6. The number of benzene rings is 1. The van der Waals surface area contributed by atoms with Gasteiger partial charge in [0.15, 0.2) is 0 Å². The summed E-state index contributed by atoms with van der Waals surface area (Å²) in [7, 11) is 2.10. The highest BCUT2D eigenvalue weighted by molar-refractivity contribution is 7.19. The van der Waals surface area contributed by atoms with E-state index in [0.29, 0.717) is 0 Å². The molecule has 0 aliphatic rings. The molecule has 3 nitrogen and oxygen atoms in total. The molecule has 0 aliphatic heterocycles. The molecule has 106 valence electrons. The summed E-state index contributed by atoms with van der Waals surface area (Å²) >= 11 is 1.71. The topological polar surface area (TPSA) is 29.0 Å². The Morgan fingerprint density at radius 3 is 2.48 bits per heavy atom. The predicted molar refractivity (Wildman–Crippen MR) is 89.7 cm³/mol. The van der Waals surface area contributed by atoms with Gasteiger partial charge >= 0.3 is 0 Å². The standard InChI is InChI=1S/C17H17N3S/c1-3-20(2)17-15(13-8-5-4-6-9-13)19-16(21-17)14-10-7-11-18-12-14/h4-12H,3H2,1-2H3. The third-order valence-corrected chi connectivity index (χ3v) is 4.60. The summed E-state index contributed by atoms with van der Waals surface area (Å²) in [6, 6.07) is 14.3. The van der Waals surface area contributed by atoms with Crippen LogP contribution in [0.5, 0.6) is 0 Å². The number of nitrogens with zero attached hydrogens (tertiary/aromatic N) is 3. The molecule has 0 unspecified atom stereocenters. The van der Waals surface area contributed by atoms with Gasteiger partial charge in [-0.25, -0.2) is 4.98 Å². The van der Waals surface area contributed by atoms with Crippen LogP contribution in [0.1, 0.15) is 6.92 Å². The highest BCUT2D eigenvalue weighted by Crippen LogP contribution is 2.39. The summed E-state index contributed by atoms with van der Waals surface area (Å²) in [6.07, 6.45) is 3.65. The van der Waals surface area contributed by atoms with E-state index in [1.165, 1.54) is 5.00 Å². The first-order valence-electron chi connectivity index (χ1n) is 6.97. The van der Waals surface area contributed by atoms with Crippen molar-refractivity contribution >= 4 is 16.3 Å². The maximum absolute atomic E-state index is 4.86. The van der Waals surface area contributed by atoms with Gasteiger partial charge in [-0.05, 0) is 19.1 Å². The predicted octanol–water partition coefficient (Wildman–Crippen LogP) is 4.33. The Hall–Kier alpha value is -2.20. The third-order valence-electron chi connectivity index (χ3n) is 3.39. The fraction of sp³-hybridized carbons (Fsp3) is 0.176. The zero-order valence-corrected chi connectivity index (χ0v) is 13.0. The molecule has 3 rings (SSSR count). The zero-order chi connectivity index (χ0) is 14.7. The maximum atomic E-state index is 4.86. The van der Waals surface area contributed by atoms with E-state index >= 15 is 0 Å². The Labute approximate surface area is 128 Å². The van der Waals surface area contributed by atoms with Gasteiger partial charge in [-0.1, -0.05) is 41.7 Å². The Bertz CT molecular complexity index is 707. The number of hydrogen-bond acceptors (Lipinski definition) is 4. The second kappa shape index (κ2) is 6.06. The highest BCUT2D eigenvalue weighted by atomic mass is 32.1. The van der Waals surface area contributed by atoms with E-state index in [0.717, 1.165) is 28.4 Å². The molecule has 0 amide bonds. The minimum Gasteiger partial charge on any atom is -0.365 e. The van der Waals surface area contributed by atoms with Crippen molar-refractivity contribution in [2.45, 2.75) is 6.92 Å². The summed E-state index contributed by atoms with van der Waals surface area (Å²) in [5.41, 5.74) is 3.26. The van der Waals surface area contributed by atoms with Crippen molar-refractivity contribution in [1.29, 1.82) is 0 Å². The summed E-state index contributed by atoms with van der Waals surface area (Å²) in [6.45, 7) is 3.10. The SMILES string of the molecule is CCN(C)c1sc(-c2cccnc2)nc1-c1ccccc1. The Morgan fingerprint density at radius 1 is 1.05 bits per heavy atom. The maximum Gasteiger partial charge on any atom is 0.127 e. The van der Waals surface area contributed by atoms with Gasteiger partial charge in [0.05, 0.1) is 0 Å². The highest BCUT2D eigenvalue weighted by Gasteiger charge is 2.16.